The zero-order chi connectivity index (χ0) is 22.5. The normalized spacial score (nSPS) is 18.5. The fraction of sp³-hybridized carbons (Fsp3) is 0.120. The van der Waals surface area contributed by atoms with E-state index in [4.69, 9.17) is 21.1 Å². The predicted molar refractivity (Wildman–Crippen MR) is 123 cm³/mol. The Morgan fingerprint density at radius 3 is 2.55 bits per heavy atom. The first-order valence-corrected chi connectivity index (χ1v) is 10.8. The summed E-state index contributed by atoms with van der Waals surface area (Å²) in [4.78, 5) is 4.40. The predicted octanol–water partition coefficient (Wildman–Crippen LogP) is 5.64. The number of aromatic nitrogens is 3. The third-order valence-electron chi connectivity index (χ3n) is 5.98. The van der Waals surface area contributed by atoms with E-state index in [1.165, 1.54) is 18.5 Å². The van der Waals surface area contributed by atoms with E-state index in [1.54, 1.807) is 30.0 Å². The number of halogens is 2. The lowest BCUT2D eigenvalue weighted by molar-refractivity contribution is 0.223. The molecule has 0 amide bonds. The smallest absolute Gasteiger partial charge is 0.226 e. The van der Waals surface area contributed by atoms with Crippen molar-refractivity contribution in [3.8, 4) is 11.5 Å². The Hall–Kier alpha value is -3.84. The topological polar surface area (TPSA) is 61.2 Å². The van der Waals surface area contributed by atoms with E-state index in [-0.39, 0.29) is 11.9 Å². The molecule has 2 atom stereocenters. The molecule has 0 fully saturated rings. The number of hydrogen-bond acceptors (Lipinski definition) is 5. The zero-order valence-electron chi connectivity index (χ0n) is 17.5. The molecule has 8 heteroatoms. The van der Waals surface area contributed by atoms with Gasteiger partial charge in [0.05, 0.1) is 12.8 Å². The Balaban J connectivity index is 1.61. The Labute approximate surface area is 194 Å². The van der Waals surface area contributed by atoms with Gasteiger partial charge in [-0.25, -0.2) is 9.07 Å². The Morgan fingerprint density at radius 1 is 1.03 bits per heavy atom. The van der Waals surface area contributed by atoms with Gasteiger partial charge >= 0.3 is 0 Å². The molecule has 6 nitrogen and oxygen atoms in total. The van der Waals surface area contributed by atoms with Crippen LogP contribution in [0.3, 0.4) is 0 Å². The number of rotatable bonds is 3. The lowest BCUT2D eigenvalue weighted by atomic mass is 9.84. The summed E-state index contributed by atoms with van der Waals surface area (Å²) >= 11 is 6.35. The molecule has 33 heavy (non-hydrogen) atoms. The molecular formula is C25H18ClFN4O2. The minimum atomic E-state index is -0.431. The molecule has 3 aromatic carbocycles. The molecule has 0 unspecified atom stereocenters. The molecule has 1 N–H and O–H groups in total. The van der Waals surface area contributed by atoms with Crippen molar-refractivity contribution in [3.63, 3.8) is 0 Å². The van der Waals surface area contributed by atoms with Crippen LogP contribution in [0.4, 0.5) is 10.3 Å². The van der Waals surface area contributed by atoms with E-state index < -0.39 is 6.10 Å². The van der Waals surface area contributed by atoms with Gasteiger partial charge in [-0.15, -0.1) is 0 Å². The van der Waals surface area contributed by atoms with E-state index in [0.717, 1.165) is 33.7 Å². The summed E-state index contributed by atoms with van der Waals surface area (Å²) in [7, 11) is 1.63. The van der Waals surface area contributed by atoms with Crippen molar-refractivity contribution in [2.75, 3.05) is 12.4 Å². The molecule has 2 aliphatic rings. The number of nitrogens with zero attached hydrogens (tertiary/aromatic N) is 3. The summed E-state index contributed by atoms with van der Waals surface area (Å²) in [5.74, 6) is 1.75. The number of anilines is 1. The van der Waals surface area contributed by atoms with E-state index in [9.17, 15) is 4.39 Å². The van der Waals surface area contributed by atoms with Gasteiger partial charge in [-0.1, -0.05) is 35.9 Å². The summed E-state index contributed by atoms with van der Waals surface area (Å²) < 4.78 is 27.4. The van der Waals surface area contributed by atoms with E-state index in [1.807, 2.05) is 36.4 Å². The first-order chi connectivity index (χ1) is 16.1. The van der Waals surface area contributed by atoms with Gasteiger partial charge in [0.2, 0.25) is 5.95 Å². The van der Waals surface area contributed by atoms with Crippen LogP contribution < -0.4 is 14.8 Å². The quantitative estimate of drug-likeness (QED) is 0.428. The van der Waals surface area contributed by atoms with E-state index >= 15 is 0 Å². The lowest BCUT2D eigenvalue weighted by Crippen LogP contribution is -2.32. The molecular weight excluding hydrogens is 443 g/mol. The first kappa shape index (κ1) is 19.8. The fourth-order valence-corrected chi connectivity index (χ4v) is 4.63. The van der Waals surface area contributed by atoms with Crippen LogP contribution in [0.15, 0.2) is 78.6 Å². The van der Waals surface area contributed by atoms with Crippen LogP contribution in [-0.4, -0.2) is 21.9 Å². The van der Waals surface area contributed by atoms with Gasteiger partial charge in [0, 0.05) is 16.2 Å². The lowest BCUT2D eigenvalue weighted by Gasteiger charge is -2.39. The van der Waals surface area contributed by atoms with Gasteiger partial charge in [-0.3, -0.25) is 0 Å². The first-order valence-electron chi connectivity index (χ1n) is 10.4. The van der Waals surface area contributed by atoms with Crippen molar-refractivity contribution >= 4 is 23.2 Å². The van der Waals surface area contributed by atoms with Crippen LogP contribution in [0.1, 0.15) is 28.8 Å². The molecule has 6 rings (SSSR count). The maximum Gasteiger partial charge on any atom is 0.226 e. The Morgan fingerprint density at radius 2 is 1.79 bits per heavy atom. The highest BCUT2D eigenvalue weighted by Crippen LogP contribution is 2.51. The second kappa shape index (κ2) is 7.64. The van der Waals surface area contributed by atoms with Crippen LogP contribution in [0.2, 0.25) is 5.02 Å². The molecule has 164 valence electrons. The molecule has 3 heterocycles. The molecule has 0 aliphatic carbocycles. The third-order valence-corrected chi connectivity index (χ3v) is 6.22. The Kier molecular flexibility index (Phi) is 4.58. The minimum absolute atomic E-state index is 0.301. The van der Waals surface area contributed by atoms with Crippen LogP contribution in [0.25, 0.3) is 5.70 Å². The third kappa shape index (κ3) is 3.24. The largest absolute Gasteiger partial charge is 0.497 e. The Bertz CT molecular complexity index is 1380. The van der Waals surface area contributed by atoms with Crippen molar-refractivity contribution < 1.29 is 13.9 Å². The molecule has 0 bridgehead atoms. The highest BCUT2D eigenvalue weighted by molar-refractivity contribution is 6.30. The molecule has 0 saturated carbocycles. The van der Waals surface area contributed by atoms with Crippen LogP contribution in [-0.2, 0) is 0 Å². The highest BCUT2D eigenvalue weighted by Gasteiger charge is 2.41. The molecule has 0 radical (unpaired) electrons. The van der Waals surface area contributed by atoms with Gasteiger partial charge in [0.25, 0.3) is 0 Å². The SMILES string of the molecule is COc1ccc([C@H]2Oc3ccc(Cl)cc3C3=C2[C@@H](c2ccc(F)cc2)n2ncnc2N3)cc1. The average Bonchev–Trinajstić information content (AvgIpc) is 3.31. The maximum absolute atomic E-state index is 13.8. The average molecular weight is 461 g/mol. The number of fused-ring (bicyclic) bond motifs is 3. The van der Waals surface area contributed by atoms with Crippen LogP contribution in [0, 0.1) is 5.82 Å². The van der Waals surface area contributed by atoms with Crippen molar-refractivity contribution in [1.82, 2.24) is 14.8 Å². The zero-order valence-corrected chi connectivity index (χ0v) is 18.3. The number of ether oxygens (including phenoxy) is 2. The summed E-state index contributed by atoms with van der Waals surface area (Å²) in [6, 6.07) is 19.4. The fourth-order valence-electron chi connectivity index (χ4n) is 4.46. The van der Waals surface area contributed by atoms with Crippen molar-refractivity contribution in [3.05, 3.63) is 106 Å². The summed E-state index contributed by atoms with van der Waals surface area (Å²) in [6.45, 7) is 0. The number of methoxy groups -OCH3 is 1. The second-order valence-electron chi connectivity index (χ2n) is 7.85. The summed E-state index contributed by atoms with van der Waals surface area (Å²) in [6.07, 6.45) is 1.07. The summed E-state index contributed by atoms with van der Waals surface area (Å²) in [5, 5.41) is 8.49. The van der Waals surface area contributed by atoms with Crippen LogP contribution in [0.5, 0.6) is 11.5 Å². The van der Waals surface area contributed by atoms with Crippen molar-refractivity contribution in [2.24, 2.45) is 0 Å². The maximum atomic E-state index is 13.8. The summed E-state index contributed by atoms with van der Waals surface area (Å²) in [5.41, 5.74) is 4.43. The molecule has 1 aromatic heterocycles. The molecule has 4 aromatic rings. The van der Waals surface area contributed by atoms with E-state index in [2.05, 4.69) is 15.4 Å². The van der Waals surface area contributed by atoms with Gasteiger partial charge in [-0.05, 0) is 53.6 Å². The highest BCUT2D eigenvalue weighted by atomic mass is 35.5. The van der Waals surface area contributed by atoms with Crippen molar-refractivity contribution in [1.29, 1.82) is 0 Å². The molecule has 0 saturated heterocycles. The van der Waals surface area contributed by atoms with Gasteiger partial charge in [0.15, 0.2) is 0 Å². The number of benzene rings is 3. The minimum Gasteiger partial charge on any atom is -0.497 e. The number of nitrogens with one attached hydrogen (secondary N) is 1. The standard InChI is InChI=1S/C25H18ClFN4O2/c1-32-18-9-4-15(5-10-18)24-21-22(19-12-16(26)6-11-20(19)33-24)30-25-28-13-29-31(25)23(21)14-2-7-17(27)8-3-14/h2-13,23-24H,1H3,(H,28,29,30)/t23-,24-/m1/s1. The van der Waals surface area contributed by atoms with Gasteiger partial charge in [-0.2, -0.15) is 10.1 Å². The van der Waals surface area contributed by atoms with Crippen molar-refractivity contribution in [2.45, 2.75) is 12.1 Å². The number of hydrogen-bond donors (Lipinski definition) is 1. The van der Waals surface area contributed by atoms with Crippen LogP contribution >= 0.6 is 11.6 Å². The van der Waals surface area contributed by atoms with Gasteiger partial charge < -0.3 is 14.8 Å². The molecule has 0 spiro atoms. The monoisotopic (exact) mass is 460 g/mol. The van der Waals surface area contributed by atoms with E-state index in [0.29, 0.717) is 16.7 Å². The second-order valence-corrected chi connectivity index (χ2v) is 8.29. The molecule has 2 aliphatic heterocycles. The van der Waals surface area contributed by atoms with Gasteiger partial charge in [0.1, 0.15) is 35.8 Å².